The largest absolute Gasteiger partial charge is 0.456 e. The fraction of sp³-hybridized carbons (Fsp3) is 0. The zero-order chi connectivity index (χ0) is 41.7. The number of furan rings is 1. The predicted molar refractivity (Wildman–Crippen MR) is 264 cm³/mol. The summed E-state index contributed by atoms with van der Waals surface area (Å²) >= 11 is 0. The summed E-state index contributed by atoms with van der Waals surface area (Å²) < 4.78 is 8.63. The van der Waals surface area contributed by atoms with Gasteiger partial charge in [0, 0.05) is 44.3 Å². The van der Waals surface area contributed by atoms with Crippen LogP contribution < -0.4 is 4.90 Å². The molecule has 2 aromatic heterocycles. The highest BCUT2D eigenvalue weighted by molar-refractivity contribution is 6.09. The van der Waals surface area contributed by atoms with Crippen LogP contribution in [0.1, 0.15) is 0 Å². The minimum absolute atomic E-state index is 0.898. The fourth-order valence-electron chi connectivity index (χ4n) is 9.27. The number of benzene rings is 10. The molecule has 0 bridgehead atoms. The van der Waals surface area contributed by atoms with Crippen molar-refractivity contribution in [3.05, 3.63) is 243 Å². The molecule has 0 aliphatic rings. The molecule has 63 heavy (non-hydrogen) atoms. The van der Waals surface area contributed by atoms with Gasteiger partial charge < -0.3 is 13.9 Å². The Labute approximate surface area is 366 Å². The summed E-state index contributed by atoms with van der Waals surface area (Å²) in [6.45, 7) is 0. The zero-order valence-corrected chi connectivity index (χ0v) is 34.4. The maximum atomic E-state index is 6.25. The molecule has 0 atom stereocenters. The van der Waals surface area contributed by atoms with E-state index in [4.69, 9.17) is 4.42 Å². The normalized spacial score (nSPS) is 11.5. The lowest BCUT2D eigenvalue weighted by Gasteiger charge is -2.26. The molecule has 0 aliphatic heterocycles. The van der Waals surface area contributed by atoms with Crippen LogP contribution in [-0.4, -0.2) is 4.57 Å². The van der Waals surface area contributed by atoms with Crippen molar-refractivity contribution in [1.29, 1.82) is 0 Å². The molecule has 0 amide bonds. The molecule has 12 rings (SSSR count). The van der Waals surface area contributed by atoms with Crippen molar-refractivity contribution in [2.24, 2.45) is 0 Å². The van der Waals surface area contributed by atoms with Crippen molar-refractivity contribution in [1.82, 2.24) is 4.57 Å². The number of para-hydroxylation sites is 3. The molecule has 296 valence electrons. The maximum absolute atomic E-state index is 6.25. The van der Waals surface area contributed by atoms with E-state index < -0.39 is 0 Å². The van der Waals surface area contributed by atoms with Gasteiger partial charge in [-0.3, -0.25) is 0 Å². The van der Waals surface area contributed by atoms with Crippen molar-refractivity contribution < 1.29 is 4.42 Å². The molecular formula is C60H40N2O. The Bertz CT molecular complexity index is 3530. The second-order valence-corrected chi connectivity index (χ2v) is 16.1. The zero-order valence-electron chi connectivity index (χ0n) is 34.4. The van der Waals surface area contributed by atoms with Crippen molar-refractivity contribution >= 4 is 60.8 Å². The van der Waals surface area contributed by atoms with Gasteiger partial charge >= 0.3 is 0 Å². The Morgan fingerprint density at radius 3 is 1.24 bits per heavy atom. The van der Waals surface area contributed by atoms with Gasteiger partial charge in [0.15, 0.2) is 0 Å². The summed E-state index contributed by atoms with van der Waals surface area (Å²) in [5, 5.41) is 4.80. The number of aromatic nitrogens is 1. The van der Waals surface area contributed by atoms with Gasteiger partial charge in [-0.2, -0.15) is 0 Å². The van der Waals surface area contributed by atoms with Crippen LogP contribution in [0.15, 0.2) is 247 Å². The third-order valence-corrected chi connectivity index (χ3v) is 12.4. The van der Waals surface area contributed by atoms with E-state index in [9.17, 15) is 0 Å². The third kappa shape index (κ3) is 6.55. The highest BCUT2D eigenvalue weighted by atomic mass is 16.3. The smallest absolute Gasteiger partial charge is 0.136 e. The number of nitrogens with zero attached hydrogens (tertiary/aromatic N) is 2. The molecule has 0 saturated heterocycles. The molecule has 2 heterocycles. The first-order chi connectivity index (χ1) is 31.2. The molecular weight excluding hydrogens is 765 g/mol. The Hall–Kier alpha value is -8.40. The molecule has 0 saturated carbocycles. The van der Waals surface area contributed by atoms with Crippen molar-refractivity contribution in [2.75, 3.05) is 4.90 Å². The summed E-state index contributed by atoms with van der Waals surface area (Å²) in [6, 6.07) is 87.1. The number of anilines is 3. The standard InChI is InChI=1S/C60H40N2O/c1-2-11-41(12-3-1)42-21-23-43(24-22-42)44-25-32-49(33-26-44)61(51-36-29-46(30-37-51)48-31-38-56-55-17-6-9-20-59(55)63-60(56)40-48)50-34-27-45(28-35-50)47-13-10-14-52(39-47)62-57-18-7-4-15-53(57)54-16-5-8-19-58(54)62/h1-40H. The van der Waals surface area contributed by atoms with E-state index in [2.05, 4.69) is 240 Å². The number of rotatable bonds is 8. The lowest BCUT2D eigenvalue weighted by molar-refractivity contribution is 0.669. The highest BCUT2D eigenvalue weighted by Crippen LogP contribution is 2.40. The quantitative estimate of drug-likeness (QED) is 0.153. The Morgan fingerprint density at radius 1 is 0.270 bits per heavy atom. The predicted octanol–water partition coefficient (Wildman–Crippen LogP) is 16.8. The lowest BCUT2D eigenvalue weighted by Crippen LogP contribution is -2.09. The Balaban J connectivity index is 0.896. The second kappa shape index (κ2) is 15.3. The van der Waals surface area contributed by atoms with Crippen LogP contribution in [0.2, 0.25) is 0 Å². The lowest BCUT2D eigenvalue weighted by atomic mass is 10.00. The molecule has 3 heteroatoms. The van der Waals surface area contributed by atoms with Gasteiger partial charge in [0.2, 0.25) is 0 Å². The average molecular weight is 805 g/mol. The van der Waals surface area contributed by atoms with E-state index in [-0.39, 0.29) is 0 Å². The summed E-state index contributed by atoms with van der Waals surface area (Å²) in [7, 11) is 0. The monoisotopic (exact) mass is 804 g/mol. The van der Waals surface area contributed by atoms with Crippen LogP contribution in [0.25, 0.3) is 93.9 Å². The number of hydrogen-bond donors (Lipinski definition) is 0. The Morgan fingerprint density at radius 2 is 0.667 bits per heavy atom. The van der Waals surface area contributed by atoms with E-state index in [1.807, 2.05) is 12.1 Å². The third-order valence-electron chi connectivity index (χ3n) is 12.4. The van der Waals surface area contributed by atoms with Gasteiger partial charge in [-0.15, -0.1) is 0 Å². The first kappa shape index (κ1) is 36.5. The van der Waals surface area contributed by atoms with Gasteiger partial charge in [0.25, 0.3) is 0 Å². The van der Waals surface area contributed by atoms with Crippen LogP contribution in [0.3, 0.4) is 0 Å². The minimum Gasteiger partial charge on any atom is -0.456 e. The molecule has 0 N–H and O–H groups in total. The maximum Gasteiger partial charge on any atom is 0.136 e. The fourth-order valence-corrected chi connectivity index (χ4v) is 9.27. The van der Waals surface area contributed by atoms with Crippen LogP contribution >= 0.6 is 0 Å². The summed E-state index contributed by atoms with van der Waals surface area (Å²) in [4.78, 5) is 2.34. The van der Waals surface area contributed by atoms with Crippen molar-refractivity contribution in [3.8, 4) is 50.2 Å². The first-order valence-corrected chi connectivity index (χ1v) is 21.5. The summed E-state index contributed by atoms with van der Waals surface area (Å²) in [5.41, 5.74) is 18.0. The molecule has 0 radical (unpaired) electrons. The molecule has 12 aromatic rings. The van der Waals surface area contributed by atoms with Gasteiger partial charge in [0.05, 0.1) is 11.0 Å². The summed E-state index contributed by atoms with van der Waals surface area (Å²) in [5.74, 6) is 0. The molecule has 10 aromatic carbocycles. The van der Waals surface area contributed by atoms with Gasteiger partial charge in [-0.1, -0.05) is 164 Å². The molecule has 0 spiro atoms. The van der Waals surface area contributed by atoms with Gasteiger partial charge in [-0.25, -0.2) is 0 Å². The van der Waals surface area contributed by atoms with Crippen LogP contribution in [0.4, 0.5) is 17.1 Å². The molecule has 0 aliphatic carbocycles. The molecule has 0 fully saturated rings. The minimum atomic E-state index is 0.898. The summed E-state index contributed by atoms with van der Waals surface area (Å²) in [6.07, 6.45) is 0. The SMILES string of the molecule is c1ccc(-c2ccc(-c3ccc(N(c4ccc(-c5cccc(-n6c7ccccc7c7ccccc76)c5)cc4)c4ccc(-c5ccc6c(c5)oc5ccccc56)cc4)cc3)cc2)cc1. The molecule has 0 unspecified atom stereocenters. The van der Waals surface area contributed by atoms with Crippen molar-refractivity contribution in [3.63, 3.8) is 0 Å². The van der Waals surface area contributed by atoms with Crippen LogP contribution in [0, 0.1) is 0 Å². The number of fused-ring (bicyclic) bond motifs is 6. The van der Waals surface area contributed by atoms with E-state index in [0.29, 0.717) is 0 Å². The van der Waals surface area contributed by atoms with E-state index in [0.717, 1.165) is 61.4 Å². The topological polar surface area (TPSA) is 21.3 Å². The second-order valence-electron chi connectivity index (χ2n) is 16.1. The van der Waals surface area contributed by atoms with Crippen LogP contribution in [0.5, 0.6) is 0 Å². The van der Waals surface area contributed by atoms with E-state index in [1.165, 1.54) is 49.6 Å². The Kier molecular flexibility index (Phi) is 8.83. The molecule has 3 nitrogen and oxygen atoms in total. The van der Waals surface area contributed by atoms with Gasteiger partial charge in [0.1, 0.15) is 11.2 Å². The van der Waals surface area contributed by atoms with Crippen LogP contribution in [-0.2, 0) is 0 Å². The van der Waals surface area contributed by atoms with E-state index >= 15 is 0 Å². The highest BCUT2D eigenvalue weighted by Gasteiger charge is 2.16. The van der Waals surface area contributed by atoms with Gasteiger partial charge in [-0.05, 0) is 123 Å². The van der Waals surface area contributed by atoms with Crippen molar-refractivity contribution in [2.45, 2.75) is 0 Å². The first-order valence-electron chi connectivity index (χ1n) is 21.5. The number of hydrogen-bond acceptors (Lipinski definition) is 2. The average Bonchev–Trinajstić information content (AvgIpc) is 3.91. The van der Waals surface area contributed by atoms with E-state index in [1.54, 1.807) is 0 Å².